The van der Waals surface area contributed by atoms with Crippen molar-refractivity contribution in [3.05, 3.63) is 39.9 Å². The van der Waals surface area contributed by atoms with Gasteiger partial charge < -0.3 is 10.5 Å². The summed E-state index contributed by atoms with van der Waals surface area (Å²) in [6.07, 6.45) is 4.83. The normalized spacial score (nSPS) is 9.94. The fraction of sp³-hybridized carbons (Fsp3) is 0.200. The number of anilines is 1. The maximum atomic E-state index is 11.3. The Morgan fingerprint density at radius 1 is 1.76 bits per heavy atom. The zero-order valence-electron chi connectivity index (χ0n) is 9.20. The average Bonchev–Trinajstić information content (AvgIpc) is 2.35. The lowest BCUT2D eigenvalue weighted by atomic mass is 10.2. The van der Waals surface area contributed by atoms with E-state index in [2.05, 4.69) is 19.7 Å². The topological polar surface area (TPSA) is 114 Å². The molecule has 0 spiro atoms. The zero-order chi connectivity index (χ0) is 12.7. The number of azide groups is 1. The molecule has 2 N–H and O–H groups in total. The van der Waals surface area contributed by atoms with Gasteiger partial charge in [-0.3, -0.25) is 0 Å². The van der Waals surface area contributed by atoms with Gasteiger partial charge in [0.1, 0.15) is 11.4 Å². The Balaban J connectivity index is 2.92. The first-order valence-electron chi connectivity index (χ1n) is 4.70. The smallest absolute Gasteiger partial charge is 0.341 e. The number of hydrogen-bond donors (Lipinski definition) is 1. The van der Waals surface area contributed by atoms with Crippen LogP contribution in [-0.2, 0) is 4.74 Å². The van der Waals surface area contributed by atoms with E-state index in [0.717, 1.165) is 0 Å². The van der Waals surface area contributed by atoms with Crippen molar-refractivity contribution < 1.29 is 9.53 Å². The van der Waals surface area contributed by atoms with Gasteiger partial charge in [0.15, 0.2) is 0 Å². The van der Waals surface area contributed by atoms with Crippen LogP contribution in [0.1, 0.15) is 15.9 Å². The lowest BCUT2D eigenvalue weighted by Crippen LogP contribution is -2.07. The SMILES string of the molecule is COC(=O)c1cc(C=CCN=[N+]=[N-])cnc1N. The van der Waals surface area contributed by atoms with Gasteiger partial charge in [-0.25, -0.2) is 9.78 Å². The third-order valence-corrected chi connectivity index (χ3v) is 1.91. The molecule has 17 heavy (non-hydrogen) atoms. The second-order valence-electron chi connectivity index (χ2n) is 3.01. The van der Waals surface area contributed by atoms with Crippen LogP contribution in [0.4, 0.5) is 5.82 Å². The molecular weight excluding hydrogens is 222 g/mol. The molecule has 0 fully saturated rings. The molecule has 0 unspecified atom stereocenters. The minimum atomic E-state index is -0.541. The van der Waals surface area contributed by atoms with E-state index in [9.17, 15) is 4.79 Å². The van der Waals surface area contributed by atoms with Gasteiger partial charge in [0.2, 0.25) is 0 Å². The minimum absolute atomic E-state index is 0.115. The van der Waals surface area contributed by atoms with E-state index in [1.54, 1.807) is 18.2 Å². The van der Waals surface area contributed by atoms with E-state index >= 15 is 0 Å². The van der Waals surface area contributed by atoms with E-state index in [1.807, 2.05) is 0 Å². The molecule has 0 amide bonds. The number of carbonyl (C=O) groups is 1. The molecule has 7 heteroatoms. The molecule has 0 aliphatic carbocycles. The Morgan fingerprint density at radius 3 is 3.18 bits per heavy atom. The van der Waals surface area contributed by atoms with Gasteiger partial charge in [-0.2, -0.15) is 0 Å². The number of rotatable bonds is 4. The summed E-state index contributed by atoms with van der Waals surface area (Å²) in [7, 11) is 1.27. The van der Waals surface area contributed by atoms with Crippen LogP contribution >= 0.6 is 0 Å². The van der Waals surface area contributed by atoms with Crippen LogP contribution in [0.3, 0.4) is 0 Å². The summed E-state index contributed by atoms with van der Waals surface area (Å²) < 4.78 is 4.57. The Bertz CT molecular complexity index is 491. The minimum Gasteiger partial charge on any atom is -0.465 e. The van der Waals surface area contributed by atoms with E-state index in [1.165, 1.54) is 13.3 Å². The molecule has 0 aliphatic heterocycles. The lowest BCUT2D eigenvalue weighted by Gasteiger charge is -2.03. The molecule has 0 atom stereocenters. The zero-order valence-corrected chi connectivity index (χ0v) is 9.20. The van der Waals surface area contributed by atoms with Crippen molar-refractivity contribution in [1.29, 1.82) is 0 Å². The summed E-state index contributed by atoms with van der Waals surface area (Å²) in [4.78, 5) is 17.8. The first-order valence-corrected chi connectivity index (χ1v) is 4.70. The molecule has 0 aliphatic rings. The third-order valence-electron chi connectivity index (χ3n) is 1.91. The van der Waals surface area contributed by atoms with Gasteiger partial charge in [-0.1, -0.05) is 17.3 Å². The van der Waals surface area contributed by atoms with Crippen LogP contribution in [0.15, 0.2) is 23.5 Å². The largest absolute Gasteiger partial charge is 0.465 e. The van der Waals surface area contributed by atoms with E-state index in [0.29, 0.717) is 5.56 Å². The molecule has 0 saturated carbocycles. The molecule has 1 aromatic rings. The molecular formula is C10H11N5O2. The number of esters is 1. The predicted octanol–water partition coefficient (Wildman–Crippen LogP) is 1.77. The van der Waals surface area contributed by atoms with Gasteiger partial charge in [0.25, 0.3) is 0 Å². The van der Waals surface area contributed by atoms with Crippen LogP contribution in [0.25, 0.3) is 16.5 Å². The average molecular weight is 233 g/mol. The molecule has 88 valence electrons. The lowest BCUT2D eigenvalue weighted by molar-refractivity contribution is 0.0601. The monoisotopic (exact) mass is 233 g/mol. The summed E-state index contributed by atoms with van der Waals surface area (Å²) in [5.74, 6) is -0.427. The second kappa shape index (κ2) is 6.14. The van der Waals surface area contributed by atoms with Crippen molar-refractivity contribution in [3.8, 4) is 0 Å². The van der Waals surface area contributed by atoms with Crippen molar-refractivity contribution in [2.24, 2.45) is 5.11 Å². The van der Waals surface area contributed by atoms with Gasteiger partial charge in [-0.05, 0) is 17.2 Å². The highest BCUT2D eigenvalue weighted by atomic mass is 16.5. The Morgan fingerprint density at radius 2 is 2.53 bits per heavy atom. The van der Waals surface area contributed by atoms with Crippen LogP contribution in [0, 0.1) is 0 Å². The van der Waals surface area contributed by atoms with Crippen LogP contribution in [0.2, 0.25) is 0 Å². The molecule has 0 saturated heterocycles. The first kappa shape index (κ1) is 12.5. The Kier molecular flexibility index (Phi) is 4.53. The van der Waals surface area contributed by atoms with Crippen molar-refractivity contribution in [3.63, 3.8) is 0 Å². The van der Waals surface area contributed by atoms with E-state index < -0.39 is 5.97 Å². The molecule has 0 radical (unpaired) electrons. The maximum absolute atomic E-state index is 11.3. The van der Waals surface area contributed by atoms with Crippen LogP contribution in [0.5, 0.6) is 0 Å². The highest BCUT2D eigenvalue weighted by molar-refractivity contribution is 5.94. The van der Waals surface area contributed by atoms with Gasteiger partial charge in [0.05, 0.1) is 7.11 Å². The molecule has 1 heterocycles. The second-order valence-corrected chi connectivity index (χ2v) is 3.01. The van der Waals surface area contributed by atoms with Crippen LogP contribution in [-0.4, -0.2) is 24.6 Å². The summed E-state index contributed by atoms with van der Waals surface area (Å²) in [6, 6.07) is 1.56. The summed E-state index contributed by atoms with van der Waals surface area (Å²) >= 11 is 0. The molecule has 0 bridgehead atoms. The van der Waals surface area contributed by atoms with E-state index in [-0.39, 0.29) is 17.9 Å². The maximum Gasteiger partial charge on any atom is 0.341 e. The summed E-state index contributed by atoms with van der Waals surface area (Å²) in [6.45, 7) is 0.231. The molecule has 7 nitrogen and oxygen atoms in total. The highest BCUT2D eigenvalue weighted by Crippen LogP contribution is 2.13. The quantitative estimate of drug-likeness (QED) is 0.369. The van der Waals surface area contributed by atoms with Crippen molar-refractivity contribution in [2.45, 2.75) is 0 Å². The van der Waals surface area contributed by atoms with Crippen molar-refractivity contribution in [1.82, 2.24) is 4.98 Å². The number of nitrogens with zero attached hydrogens (tertiary/aromatic N) is 4. The number of hydrogen-bond acceptors (Lipinski definition) is 5. The number of pyridine rings is 1. The highest BCUT2D eigenvalue weighted by Gasteiger charge is 2.10. The van der Waals surface area contributed by atoms with Gasteiger partial charge in [0, 0.05) is 17.7 Å². The van der Waals surface area contributed by atoms with Crippen LogP contribution < -0.4 is 5.73 Å². The fourth-order valence-electron chi connectivity index (χ4n) is 1.13. The molecule has 1 rings (SSSR count). The summed E-state index contributed by atoms with van der Waals surface area (Å²) in [5.41, 5.74) is 14.5. The number of ether oxygens (including phenoxy) is 1. The third kappa shape index (κ3) is 3.51. The Labute approximate surface area is 97.5 Å². The van der Waals surface area contributed by atoms with E-state index in [4.69, 9.17) is 11.3 Å². The predicted molar refractivity (Wildman–Crippen MR) is 63.0 cm³/mol. The molecule has 0 aromatic carbocycles. The number of aromatic nitrogens is 1. The molecule has 1 aromatic heterocycles. The van der Waals surface area contributed by atoms with Crippen molar-refractivity contribution >= 4 is 17.9 Å². The standard InChI is InChI=1S/C10H11N5O2/c1-17-10(16)8-5-7(6-13-9(8)11)3-2-4-14-15-12/h2-3,5-6H,4H2,1H3,(H2,11,13). The van der Waals surface area contributed by atoms with Crippen molar-refractivity contribution in [2.75, 3.05) is 19.4 Å². The van der Waals surface area contributed by atoms with Gasteiger partial charge in [-0.15, -0.1) is 0 Å². The number of carbonyl (C=O) groups excluding carboxylic acids is 1. The summed E-state index contributed by atoms with van der Waals surface area (Å²) in [5, 5.41) is 3.34. The fourth-order valence-corrected chi connectivity index (χ4v) is 1.13. The van der Waals surface area contributed by atoms with Gasteiger partial charge >= 0.3 is 5.97 Å². The Hall–Kier alpha value is -2.53. The first-order chi connectivity index (χ1) is 8.19. The number of nitrogen functional groups attached to an aromatic ring is 1. The number of nitrogens with two attached hydrogens (primary N) is 1. The number of methoxy groups -OCH3 is 1.